The number of hydrogen-bond acceptors (Lipinski definition) is 4. The molecular weight excluding hydrogens is 306 g/mol. The van der Waals surface area contributed by atoms with E-state index in [1.54, 1.807) is 0 Å². The molecule has 1 fully saturated rings. The zero-order valence-electron chi connectivity index (χ0n) is 14.4. The molecule has 2 aromatic rings. The van der Waals surface area contributed by atoms with E-state index < -0.39 is 0 Å². The summed E-state index contributed by atoms with van der Waals surface area (Å²) in [6.45, 7) is 8.45. The second-order valence-electron chi connectivity index (χ2n) is 6.54. The largest absolute Gasteiger partial charge is 0.374 e. The Morgan fingerprint density at radius 2 is 2.00 bits per heavy atom. The first-order chi connectivity index (χ1) is 11.0. The molecule has 2 heterocycles. The molecule has 3 nitrogen and oxygen atoms in total. The fraction of sp³-hybridized carbons (Fsp3) is 0.526. The van der Waals surface area contributed by atoms with Crippen molar-refractivity contribution >= 4 is 11.8 Å². The van der Waals surface area contributed by atoms with Gasteiger partial charge in [-0.05, 0) is 57.7 Å². The Kier molecular flexibility index (Phi) is 5.12. The Morgan fingerprint density at radius 3 is 2.70 bits per heavy atom. The smallest absolute Gasteiger partial charge is 0.171 e. The van der Waals surface area contributed by atoms with E-state index in [9.17, 15) is 0 Å². The zero-order chi connectivity index (χ0) is 16.4. The molecule has 0 saturated carbocycles. The summed E-state index contributed by atoms with van der Waals surface area (Å²) in [5, 5.41) is 4.19. The van der Waals surface area contributed by atoms with Gasteiger partial charge < -0.3 is 9.26 Å². The molecule has 2 unspecified atom stereocenters. The van der Waals surface area contributed by atoms with E-state index in [2.05, 4.69) is 44.1 Å². The number of aromatic nitrogens is 1. The Balaban J connectivity index is 1.70. The summed E-state index contributed by atoms with van der Waals surface area (Å²) in [6, 6.07) is 6.45. The summed E-state index contributed by atoms with van der Waals surface area (Å²) in [4.78, 5) is 0. The van der Waals surface area contributed by atoms with Crippen LogP contribution in [0.4, 0.5) is 0 Å². The van der Waals surface area contributed by atoms with Crippen molar-refractivity contribution in [1.82, 2.24) is 5.16 Å². The number of aryl methyl sites for hydroxylation is 3. The highest BCUT2D eigenvalue weighted by Crippen LogP contribution is 2.32. The van der Waals surface area contributed by atoms with Crippen LogP contribution in [0.3, 0.4) is 0 Å². The fourth-order valence-corrected chi connectivity index (χ4v) is 4.14. The van der Waals surface area contributed by atoms with E-state index in [0.717, 1.165) is 28.5 Å². The Morgan fingerprint density at radius 1 is 1.17 bits per heavy atom. The van der Waals surface area contributed by atoms with Gasteiger partial charge in [0.2, 0.25) is 0 Å². The summed E-state index contributed by atoms with van der Waals surface area (Å²) in [5.74, 6) is 2.88. The van der Waals surface area contributed by atoms with Gasteiger partial charge in [-0.25, -0.2) is 0 Å². The predicted molar refractivity (Wildman–Crippen MR) is 95.9 cm³/mol. The topological polar surface area (TPSA) is 35.3 Å². The van der Waals surface area contributed by atoms with Crippen LogP contribution in [0.1, 0.15) is 42.1 Å². The number of benzene rings is 1. The third-order valence-corrected chi connectivity index (χ3v) is 5.72. The molecule has 1 saturated heterocycles. The van der Waals surface area contributed by atoms with E-state index >= 15 is 0 Å². The number of rotatable bonds is 5. The van der Waals surface area contributed by atoms with Gasteiger partial charge in [0.1, 0.15) is 0 Å². The van der Waals surface area contributed by atoms with Crippen LogP contribution >= 0.6 is 11.8 Å². The number of ether oxygens (including phenoxy) is 1. The molecule has 0 spiro atoms. The van der Waals surface area contributed by atoms with Gasteiger partial charge in [-0.1, -0.05) is 17.3 Å². The van der Waals surface area contributed by atoms with Gasteiger partial charge in [-0.15, -0.1) is 0 Å². The maximum Gasteiger partial charge on any atom is 0.171 e. The van der Waals surface area contributed by atoms with Crippen LogP contribution in [0.5, 0.6) is 0 Å². The van der Waals surface area contributed by atoms with E-state index in [1.165, 1.54) is 29.5 Å². The lowest BCUT2D eigenvalue weighted by Crippen LogP contribution is -2.11. The van der Waals surface area contributed by atoms with E-state index in [4.69, 9.17) is 9.26 Å². The van der Waals surface area contributed by atoms with Gasteiger partial charge in [0.25, 0.3) is 0 Å². The average Bonchev–Trinajstić information content (AvgIpc) is 3.09. The highest BCUT2D eigenvalue weighted by atomic mass is 32.2. The van der Waals surface area contributed by atoms with Gasteiger partial charge in [0.15, 0.2) is 5.76 Å². The molecule has 23 heavy (non-hydrogen) atoms. The fourth-order valence-electron chi connectivity index (χ4n) is 2.97. The summed E-state index contributed by atoms with van der Waals surface area (Å²) in [5.41, 5.74) is 5.91. The minimum absolute atomic E-state index is 0.403. The highest BCUT2D eigenvalue weighted by Gasteiger charge is 2.22. The monoisotopic (exact) mass is 331 g/mol. The second-order valence-corrected chi connectivity index (χ2v) is 7.57. The van der Waals surface area contributed by atoms with Crippen LogP contribution in [-0.4, -0.2) is 23.1 Å². The molecule has 124 valence electrons. The molecule has 3 rings (SSSR count). The lowest BCUT2D eigenvalue weighted by atomic mass is 10.0. The molecule has 4 heteroatoms. The average molecular weight is 331 g/mol. The lowest BCUT2D eigenvalue weighted by molar-refractivity contribution is 0.0700. The molecule has 1 aromatic heterocycles. The van der Waals surface area contributed by atoms with Crippen molar-refractivity contribution in [2.75, 3.05) is 5.75 Å². The van der Waals surface area contributed by atoms with Crippen molar-refractivity contribution in [3.05, 3.63) is 40.6 Å². The summed E-state index contributed by atoms with van der Waals surface area (Å²) in [6.07, 6.45) is 3.19. The van der Waals surface area contributed by atoms with Gasteiger partial charge in [-0.3, -0.25) is 0 Å². The standard InChI is InChI=1S/C19H25NO2S/c1-12-5-7-16(9-13(12)2)19-18(15(4)20-22-19)11-23-10-17-8-6-14(3)21-17/h5,7,9,14,17H,6,8,10-11H2,1-4H3. The number of nitrogens with zero attached hydrogens (tertiary/aromatic N) is 1. The van der Waals surface area contributed by atoms with Crippen molar-refractivity contribution < 1.29 is 9.26 Å². The van der Waals surface area contributed by atoms with Crippen molar-refractivity contribution in [3.8, 4) is 11.3 Å². The maximum absolute atomic E-state index is 5.89. The van der Waals surface area contributed by atoms with Gasteiger partial charge in [0.05, 0.1) is 17.9 Å². The minimum Gasteiger partial charge on any atom is -0.374 e. The van der Waals surface area contributed by atoms with Crippen LogP contribution in [0.2, 0.25) is 0 Å². The van der Waals surface area contributed by atoms with Crippen LogP contribution in [0, 0.1) is 20.8 Å². The quantitative estimate of drug-likeness (QED) is 0.766. The van der Waals surface area contributed by atoms with E-state index in [-0.39, 0.29) is 0 Å². The first-order valence-electron chi connectivity index (χ1n) is 8.30. The van der Waals surface area contributed by atoms with Crippen molar-refractivity contribution in [3.63, 3.8) is 0 Å². The lowest BCUT2D eigenvalue weighted by Gasteiger charge is -2.10. The first kappa shape index (κ1) is 16.6. The molecule has 0 N–H and O–H groups in total. The SMILES string of the molecule is Cc1ccc(-c2onc(C)c2CSCC2CCC(C)O2)cc1C. The van der Waals surface area contributed by atoms with E-state index in [0.29, 0.717) is 12.2 Å². The highest BCUT2D eigenvalue weighted by molar-refractivity contribution is 7.98. The van der Waals surface area contributed by atoms with Gasteiger partial charge in [0, 0.05) is 22.6 Å². The molecule has 0 amide bonds. The summed E-state index contributed by atoms with van der Waals surface area (Å²) < 4.78 is 11.5. The number of hydrogen-bond donors (Lipinski definition) is 0. The summed E-state index contributed by atoms with van der Waals surface area (Å²) in [7, 11) is 0. The Bertz CT molecular complexity index is 680. The Hall–Kier alpha value is -1.26. The first-order valence-corrected chi connectivity index (χ1v) is 9.46. The molecule has 0 bridgehead atoms. The van der Waals surface area contributed by atoms with Crippen LogP contribution in [0.25, 0.3) is 11.3 Å². The molecule has 1 aliphatic rings. The van der Waals surface area contributed by atoms with Crippen LogP contribution in [-0.2, 0) is 10.5 Å². The van der Waals surface area contributed by atoms with Crippen LogP contribution in [0.15, 0.2) is 22.7 Å². The molecule has 1 aromatic carbocycles. The number of thioether (sulfide) groups is 1. The van der Waals surface area contributed by atoms with Crippen molar-refractivity contribution in [1.29, 1.82) is 0 Å². The third kappa shape index (κ3) is 3.81. The predicted octanol–water partition coefficient (Wildman–Crippen LogP) is 5.07. The maximum atomic E-state index is 5.89. The molecule has 0 aliphatic carbocycles. The minimum atomic E-state index is 0.403. The summed E-state index contributed by atoms with van der Waals surface area (Å²) >= 11 is 1.92. The molecular formula is C19H25NO2S. The van der Waals surface area contributed by atoms with Crippen molar-refractivity contribution in [2.45, 2.75) is 58.5 Å². The van der Waals surface area contributed by atoms with E-state index in [1.807, 2.05) is 18.7 Å². The van der Waals surface area contributed by atoms with Gasteiger partial charge in [-0.2, -0.15) is 11.8 Å². The second kappa shape index (κ2) is 7.10. The van der Waals surface area contributed by atoms with Crippen molar-refractivity contribution in [2.24, 2.45) is 0 Å². The van der Waals surface area contributed by atoms with Crippen LogP contribution < -0.4 is 0 Å². The third-order valence-electron chi connectivity index (χ3n) is 4.62. The molecule has 1 aliphatic heterocycles. The van der Waals surface area contributed by atoms with Gasteiger partial charge >= 0.3 is 0 Å². The zero-order valence-corrected chi connectivity index (χ0v) is 15.2. The molecule has 2 atom stereocenters. The Labute approximate surface area is 142 Å². The molecule has 0 radical (unpaired) electrons. The normalized spacial score (nSPS) is 21.0.